The average Bonchev–Trinajstić information content (AvgIpc) is 3.03. The average molecular weight is 367 g/mol. The zero-order chi connectivity index (χ0) is 18.5. The van der Waals surface area contributed by atoms with Gasteiger partial charge in [-0.25, -0.2) is 4.98 Å². The lowest BCUT2D eigenvalue weighted by Crippen LogP contribution is -2.27. The standard InChI is InChI=1S/C20H21N3O2S/c1-13-7-9-16(10-8-13)25-12-18-22-15(3)19(26-18)20(24)23-14(2)17-6-4-5-11-21-17/h4-11,14H,12H2,1-3H3,(H,23,24). The van der Waals surface area contributed by atoms with Gasteiger partial charge in [0.05, 0.1) is 17.4 Å². The highest BCUT2D eigenvalue weighted by molar-refractivity contribution is 7.13. The summed E-state index contributed by atoms with van der Waals surface area (Å²) in [6, 6.07) is 13.3. The van der Waals surface area contributed by atoms with Crippen LogP contribution in [0.25, 0.3) is 0 Å². The lowest BCUT2D eigenvalue weighted by atomic mass is 10.2. The van der Waals surface area contributed by atoms with Gasteiger partial charge in [-0.15, -0.1) is 11.3 Å². The predicted octanol–water partition coefficient (Wildman–Crippen LogP) is 4.22. The first-order valence-electron chi connectivity index (χ1n) is 8.40. The van der Waals surface area contributed by atoms with Crippen molar-refractivity contribution in [2.24, 2.45) is 0 Å². The van der Waals surface area contributed by atoms with E-state index in [9.17, 15) is 4.79 Å². The molecule has 2 aromatic heterocycles. The second-order valence-electron chi connectivity index (χ2n) is 6.07. The van der Waals surface area contributed by atoms with E-state index in [1.54, 1.807) is 6.20 Å². The maximum atomic E-state index is 12.6. The van der Waals surface area contributed by atoms with Crippen molar-refractivity contribution in [2.45, 2.75) is 33.4 Å². The van der Waals surface area contributed by atoms with Gasteiger partial charge in [-0.1, -0.05) is 23.8 Å². The fourth-order valence-electron chi connectivity index (χ4n) is 2.47. The summed E-state index contributed by atoms with van der Waals surface area (Å²) in [4.78, 5) is 21.9. The van der Waals surface area contributed by atoms with E-state index in [1.165, 1.54) is 16.9 Å². The highest BCUT2D eigenvalue weighted by Gasteiger charge is 2.18. The van der Waals surface area contributed by atoms with Gasteiger partial charge in [-0.2, -0.15) is 0 Å². The molecule has 3 aromatic rings. The Bertz CT molecular complexity index is 876. The summed E-state index contributed by atoms with van der Waals surface area (Å²) in [5, 5.41) is 3.75. The second kappa shape index (κ2) is 8.10. The Morgan fingerprint density at radius 3 is 2.65 bits per heavy atom. The van der Waals surface area contributed by atoms with Crippen molar-refractivity contribution in [3.05, 3.63) is 75.5 Å². The fraction of sp³-hybridized carbons (Fsp3) is 0.250. The Morgan fingerprint density at radius 2 is 1.96 bits per heavy atom. The molecule has 1 aromatic carbocycles. The number of benzene rings is 1. The molecular formula is C20H21N3O2S. The van der Waals surface area contributed by atoms with Crippen LogP contribution in [0.5, 0.6) is 5.75 Å². The molecule has 0 spiro atoms. The van der Waals surface area contributed by atoms with Crippen LogP contribution in [0, 0.1) is 13.8 Å². The van der Waals surface area contributed by atoms with E-state index in [2.05, 4.69) is 15.3 Å². The maximum absolute atomic E-state index is 12.6. The SMILES string of the molecule is Cc1ccc(OCc2nc(C)c(C(=O)NC(C)c3ccccn3)s2)cc1. The fourth-order valence-corrected chi connectivity index (χ4v) is 3.35. The van der Waals surface area contributed by atoms with Crippen molar-refractivity contribution >= 4 is 17.2 Å². The van der Waals surface area contributed by atoms with Crippen molar-refractivity contribution < 1.29 is 9.53 Å². The highest BCUT2D eigenvalue weighted by atomic mass is 32.1. The summed E-state index contributed by atoms with van der Waals surface area (Å²) in [6.07, 6.45) is 1.72. The molecule has 0 radical (unpaired) electrons. The minimum Gasteiger partial charge on any atom is -0.486 e. The summed E-state index contributed by atoms with van der Waals surface area (Å²) in [7, 11) is 0. The van der Waals surface area contributed by atoms with Crippen LogP contribution in [-0.4, -0.2) is 15.9 Å². The van der Waals surface area contributed by atoms with E-state index >= 15 is 0 Å². The molecule has 2 heterocycles. The van der Waals surface area contributed by atoms with E-state index in [1.807, 2.05) is 63.2 Å². The number of amides is 1. The molecule has 0 aliphatic rings. The van der Waals surface area contributed by atoms with Crippen molar-refractivity contribution in [1.82, 2.24) is 15.3 Å². The third-order valence-corrected chi connectivity index (χ3v) is 5.04. The van der Waals surface area contributed by atoms with Crippen LogP contribution in [0.15, 0.2) is 48.7 Å². The summed E-state index contributed by atoms with van der Waals surface area (Å²) >= 11 is 1.36. The number of rotatable bonds is 6. The first kappa shape index (κ1) is 18.1. The Morgan fingerprint density at radius 1 is 1.19 bits per heavy atom. The molecule has 6 heteroatoms. The van der Waals surface area contributed by atoms with E-state index in [4.69, 9.17) is 4.74 Å². The maximum Gasteiger partial charge on any atom is 0.263 e. The Labute approximate surface area is 157 Å². The summed E-state index contributed by atoms with van der Waals surface area (Å²) < 4.78 is 5.75. The molecular weight excluding hydrogens is 346 g/mol. The van der Waals surface area contributed by atoms with Crippen LogP contribution in [0.3, 0.4) is 0 Å². The Hall–Kier alpha value is -2.73. The largest absolute Gasteiger partial charge is 0.486 e. The number of aromatic nitrogens is 2. The number of carbonyl (C=O) groups excluding carboxylic acids is 1. The van der Waals surface area contributed by atoms with E-state index in [0.29, 0.717) is 17.2 Å². The minimum absolute atomic E-state index is 0.139. The second-order valence-corrected chi connectivity index (χ2v) is 7.16. The summed E-state index contributed by atoms with van der Waals surface area (Å²) in [5.41, 5.74) is 2.72. The van der Waals surface area contributed by atoms with Gasteiger partial charge < -0.3 is 10.1 Å². The van der Waals surface area contributed by atoms with Crippen molar-refractivity contribution in [1.29, 1.82) is 0 Å². The lowest BCUT2D eigenvalue weighted by molar-refractivity contribution is 0.0942. The van der Waals surface area contributed by atoms with Gasteiger partial charge in [0.1, 0.15) is 22.2 Å². The first-order chi connectivity index (χ1) is 12.5. The van der Waals surface area contributed by atoms with Gasteiger partial charge in [0.25, 0.3) is 5.91 Å². The monoisotopic (exact) mass is 367 g/mol. The smallest absolute Gasteiger partial charge is 0.263 e. The van der Waals surface area contributed by atoms with Crippen LogP contribution < -0.4 is 10.1 Å². The number of nitrogens with zero attached hydrogens (tertiary/aromatic N) is 2. The molecule has 0 aliphatic carbocycles. The molecule has 0 aliphatic heterocycles. The van der Waals surface area contributed by atoms with Crippen molar-refractivity contribution in [2.75, 3.05) is 0 Å². The van der Waals surface area contributed by atoms with Gasteiger partial charge in [0.15, 0.2) is 0 Å². The number of nitrogens with one attached hydrogen (secondary N) is 1. The normalized spacial score (nSPS) is 11.8. The van der Waals surface area contributed by atoms with Gasteiger partial charge in [0, 0.05) is 6.20 Å². The van der Waals surface area contributed by atoms with Gasteiger partial charge >= 0.3 is 0 Å². The van der Waals surface area contributed by atoms with Gasteiger partial charge in [-0.05, 0) is 45.0 Å². The minimum atomic E-state index is -0.169. The van der Waals surface area contributed by atoms with Crippen LogP contribution in [0.1, 0.15) is 44.6 Å². The molecule has 0 bridgehead atoms. The Balaban J connectivity index is 1.63. The highest BCUT2D eigenvalue weighted by Crippen LogP contribution is 2.21. The molecule has 1 atom stereocenters. The summed E-state index contributed by atoms with van der Waals surface area (Å²) in [6.45, 7) is 6.13. The third-order valence-electron chi connectivity index (χ3n) is 3.91. The van der Waals surface area contributed by atoms with Crippen LogP contribution in [-0.2, 0) is 6.61 Å². The number of carbonyl (C=O) groups is 1. The van der Waals surface area contributed by atoms with Gasteiger partial charge in [-0.3, -0.25) is 9.78 Å². The van der Waals surface area contributed by atoms with Crippen molar-refractivity contribution in [3.8, 4) is 5.75 Å². The zero-order valence-electron chi connectivity index (χ0n) is 15.0. The molecule has 0 fully saturated rings. The number of hydrogen-bond donors (Lipinski definition) is 1. The zero-order valence-corrected chi connectivity index (χ0v) is 15.8. The lowest BCUT2D eigenvalue weighted by Gasteiger charge is -2.12. The van der Waals surface area contributed by atoms with Gasteiger partial charge in [0.2, 0.25) is 0 Å². The number of pyridine rings is 1. The molecule has 26 heavy (non-hydrogen) atoms. The van der Waals surface area contributed by atoms with E-state index in [-0.39, 0.29) is 11.9 Å². The third kappa shape index (κ3) is 4.46. The van der Waals surface area contributed by atoms with Crippen LogP contribution in [0.2, 0.25) is 0 Å². The van der Waals surface area contributed by atoms with Crippen LogP contribution >= 0.6 is 11.3 Å². The number of thiazole rings is 1. The first-order valence-corrected chi connectivity index (χ1v) is 9.22. The molecule has 5 nitrogen and oxygen atoms in total. The molecule has 134 valence electrons. The topological polar surface area (TPSA) is 64.1 Å². The molecule has 3 rings (SSSR count). The molecule has 1 amide bonds. The van der Waals surface area contributed by atoms with E-state index < -0.39 is 0 Å². The van der Waals surface area contributed by atoms with E-state index in [0.717, 1.165) is 16.5 Å². The van der Waals surface area contributed by atoms with Crippen molar-refractivity contribution in [3.63, 3.8) is 0 Å². The molecule has 1 N–H and O–H groups in total. The number of hydrogen-bond acceptors (Lipinski definition) is 5. The molecule has 1 unspecified atom stereocenters. The Kier molecular flexibility index (Phi) is 5.63. The van der Waals surface area contributed by atoms with Crippen LogP contribution in [0.4, 0.5) is 0 Å². The quantitative estimate of drug-likeness (QED) is 0.708. The molecule has 0 saturated carbocycles. The molecule has 0 saturated heterocycles. The summed E-state index contributed by atoms with van der Waals surface area (Å²) in [5.74, 6) is 0.651. The number of aryl methyl sites for hydroxylation is 2. The predicted molar refractivity (Wildman–Crippen MR) is 102 cm³/mol. The number of ether oxygens (including phenoxy) is 1.